The van der Waals surface area contributed by atoms with E-state index < -0.39 is 46.1 Å². The highest BCUT2D eigenvalue weighted by Crippen LogP contribution is 2.33. The number of ether oxygens (including phenoxy) is 1. The number of primary sulfonamides is 1. The summed E-state index contributed by atoms with van der Waals surface area (Å²) in [5.74, 6) is -4.10. The lowest BCUT2D eigenvalue weighted by Gasteiger charge is -2.24. The van der Waals surface area contributed by atoms with Crippen LogP contribution in [0.2, 0.25) is 0 Å². The number of nitrogens with two attached hydrogens (primary N) is 3. The molecule has 0 aliphatic carbocycles. The zero-order valence-electron chi connectivity index (χ0n) is 23.2. The zero-order chi connectivity index (χ0) is 33.6. The Labute approximate surface area is 253 Å². The van der Waals surface area contributed by atoms with Gasteiger partial charge in [-0.15, -0.1) is 0 Å². The molecule has 1 aliphatic heterocycles. The fourth-order valence-corrected chi connectivity index (χ4v) is 4.68. The van der Waals surface area contributed by atoms with Crippen molar-refractivity contribution in [2.24, 2.45) is 16.0 Å². The first-order valence-corrected chi connectivity index (χ1v) is 14.0. The smallest absolute Gasteiger partial charge is 0.430 e. The number of aromatic nitrogens is 1. The van der Waals surface area contributed by atoms with Gasteiger partial charge < -0.3 is 24.8 Å². The van der Waals surface area contributed by atoms with E-state index in [-0.39, 0.29) is 23.0 Å². The molecule has 2 aromatic carbocycles. The lowest BCUT2D eigenvalue weighted by atomic mass is 9.89. The molecular formula is C27H25F3N6O8S. The second kappa shape index (κ2) is 13.5. The summed E-state index contributed by atoms with van der Waals surface area (Å²) in [6, 6.07) is 16.2. The first kappa shape index (κ1) is 34.1. The Bertz CT molecular complexity index is 1760. The number of benzene rings is 2. The summed E-state index contributed by atoms with van der Waals surface area (Å²) in [5, 5.41) is 26.5. The van der Waals surface area contributed by atoms with E-state index in [1.165, 1.54) is 25.4 Å². The minimum Gasteiger partial charge on any atom is -0.542 e. The maximum absolute atomic E-state index is 13.4. The van der Waals surface area contributed by atoms with E-state index in [1.807, 2.05) is 0 Å². The van der Waals surface area contributed by atoms with Gasteiger partial charge in [0.25, 0.3) is 11.7 Å². The molecule has 18 heteroatoms. The van der Waals surface area contributed by atoms with Gasteiger partial charge in [0, 0.05) is 29.3 Å². The van der Waals surface area contributed by atoms with Gasteiger partial charge >= 0.3 is 12.1 Å². The molecule has 0 bridgehead atoms. The number of hydrogen-bond acceptors (Lipinski definition) is 10. The zero-order valence-corrected chi connectivity index (χ0v) is 24.0. The molecule has 1 aromatic heterocycles. The van der Waals surface area contributed by atoms with Gasteiger partial charge in [0.15, 0.2) is 0 Å². The number of esters is 1. The van der Waals surface area contributed by atoms with Gasteiger partial charge in [0.1, 0.15) is 11.8 Å². The number of halogens is 3. The molecule has 14 nitrogen and oxygen atoms in total. The van der Waals surface area contributed by atoms with Crippen LogP contribution in [0.4, 0.5) is 19.0 Å². The number of anilines is 1. The topological polar surface area (TPSA) is 242 Å². The van der Waals surface area contributed by atoms with Crippen LogP contribution >= 0.6 is 0 Å². The molecule has 1 atom stereocenters. The number of alkyl halides is 3. The van der Waals surface area contributed by atoms with Crippen LogP contribution in [0.15, 0.2) is 76.9 Å². The number of amidine groups is 1. The van der Waals surface area contributed by atoms with Crippen molar-refractivity contribution in [2.75, 3.05) is 12.4 Å². The number of aliphatic carboxylic acids is 1. The molecule has 0 radical (unpaired) electrons. The summed E-state index contributed by atoms with van der Waals surface area (Å²) in [5.41, 5.74) is 6.42. The Morgan fingerprint density at radius 2 is 1.78 bits per heavy atom. The molecule has 0 spiro atoms. The van der Waals surface area contributed by atoms with Gasteiger partial charge in [0.05, 0.1) is 29.7 Å². The fraction of sp³-hybridized carbons (Fsp3) is 0.185. The third-order valence-corrected chi connectivity index (χ3v) is 7.09. The van der Waals surface area contributed by atoms with Gasteiger partial charge in [-0.1, -0.05) is 35.5 Å². The van der Waals surface area contributed by atoms with Crippen LogP contribution in [0.3, 0.4) is 0 Å². The van der Waals surface area contributed by atoms with E-state index in [9.17, 15) is 31.2 Å². The largest absolute Gasteiger partial charge is 0.542 e. The minimum absolute atomic E-state index is 0.0400. The number of nitrogens with zero attached hydrogens (tertiary/aromatic N) is 2. The second-order valence-electron chi connectivity index (χ2n) is 9.30. The number of carboxylic acid groups (broad SMARTS) is 1. The number of hydrogen-bond donors (Lipinski definition) is 4. The van der Waals surface area contributed by atoms with Crippen LogP contribution in [0, 0.1) is 0 Å². The molecule has 7 N–H and O–H groups in total. The van der Waals surface area contributed by atoms with Crippen LogP contribution in [0.1, 0.15) is 24.0 Å². The first-order valence-electron chi connectivity index (χ1n) is 12.5. The van der Waals surface area contributed by atoms with E-state index >= 15 is 0 Å². The average molecular weight is 651 g/mol. The molecule has 0 fully saturated rings. The summed E-state index contributed by atoms with van der Waals surface area (Å²) in [6.07, 6.45) is -4.25. The molecule has 1 aliphatic rings. The SMILES string of the molecule is COC(=O)C[C@]1(C(=O)Nc2ccc(-c3ccccc3S(N)(=O)=O)cn2)CC(c2cccc(C(N)=[NH2+])c2)=NO1.O=C([O-])C(F)(F)F. The van der Waals surface area contributed by atoms with E-state index in [0.29, 0.717) is 28.0 Å². The van der Waals surface area contributed by atoms with Crippen molar-refractivity contribution in [3.63, 3.8) is 0 Å². The summed E-state index contributed by atoms with van der Waals surface area (Å²) in [6.45, 7) is 0. The van der Waals surface area contributed by atoms with E-state index in [4.69, 9.17) is 35.8 Å². The van der Waals surface area contributed by atoms with Crippen molar-refractivity contribution < 1.29 is 56.1 Å². The fourth-order valence-electron chi connectivity index (χ4n) is 3.92. The Morgan fingerprint density at radius 1 is 1.11 bits per heavy atom. The van der Waals surface area contributed by atoms with Crippen LogP contribution in [-0.2, 0) is 34.0 Å². The highest BCUT2D eigenvalue weighted by atomic mass is 32.2. The van der Waals surface area contributed by atoms with Gasteiger partial charge in [-0.3, -0.25) is 20.7 Å². The highest BCUT2D eigenvalue weighted by Gasteiger charge is 2.49. The Hall–Kier alpha value is -5.36. The number of amides is 1. The Morgan fingerprint density at radius 3 is 2.33 bits per heavy atom. The first-order chi connectivity index (χ1) is 21.0. The number of sulfonamides is 1. The van der Waals surface area contributed by atoms with Crippen LogP contribution in [0.5, 0.6) is 0 Å². The van der Waals surface area contributed by atoms with Crippen molar-refractivity contribution in [1.29, 1.82) is 0 Å². The number of carbonyl (C=O) groups is 3. The van der Waals surface area contributed by atoms with E-state index in [2.05, 4.69) is 15.5 Å². The number of carbonyl (C=O) groups excluding carboxylic acids is 3. The van der Waals surface area contributed by atoms with Crippen molar-refractivity contribution in [2.45, 2.75) is 29.5 Å². The molecule has 238 valence electrons. The van der Waals surface area contributed by atoms with Crippen molar-refractivity contribution in [3.05, 3.63) is 78.0 Å². The lowest BCUT2D eigenvalue weighted by Crippen LogP contribution is -2.46. The lowest BCUT2D eigenvalue weighted by molar-refractivity contribution is -0.344. The number of methoxy groups -OCH3 is 1. The van der Waals surface area contributed by atoms with Gasteiger partial charge in [0.2, 0.25) is 15.6 Å². The van der Waals surface area contributed by atoms with Crippen LogP contribution in [0.25, 0.3) is 11.1 Å². The number of nitrogens with one attached hydrogen (secondary N) is 1. The van der Waals surface area contributed by atoms with Crippen molar-refractivity contribution in [3.8, 4) is 11.1 Å². The van der Waals surface area contributed by atoms with Gasteiger partial charge in [-0.05, 0) is 30.3 Å². The maximum Gasteiger partial charge on any atom is 0.430 e. The molecule has 4 rings (SSSR count). The number of pyridine rings is 1. The molecule has 1 amide bonds. The number of rotatable bonds is 8. The molecule has 0 saturated heterocycles. The normalized spacial score (nSPS) is 15.9. The van der Waals surface area contributed by atoms with E-state index in [1.54, 1.807) is 48.5 Å². The van der Waals surface area contributed by atoms with E-state index in [0.717, 1.165) is 0 Å². The minimum atomic E-state index is -5.19. The van der Waals surface area contributed by atoms with Gasteiger partial charge in [-0.25, -0.2) is 18.5 Å². The quantitative estimate of drug-likeness (QED) is 0.135. The van der Waals surface area contributed by atoms with Crippen molar-refractivity contribution >= 4 is 45.2 Å². The molecular weight excluding hydrogens is 625 g/mol. The van der Waals surface area contributed by atoms with Crippen LogP contribution in [-0.4, -0.2) is 61.7 Å². The van der Waals surface area contributed by atoms with Crippen molar-refractivity contribution in [1.82, 2.24) is 4.98 Å². The monoisotopic (exact) mass is 650 g/mol. The third kappa shape index (κ3) is 8.61. The van der Waals surface area contributed by atoms with Crippen LogP contribution < -0.4 is 26.7 Å². The Kier molecular flexibility index (Phi) is 10.3. The summed E-state index contributed by atoms with van der Waals surface area (Å²) in [7, 11) is -2.76. The average Bonchev–Trinajstić information content (AvgIpc) is 3.42. The summed E-state index contributed by atoms with van der Waals surface area (Å²) in [4.78, 5) is 44.1. The molecule has 3 aromatic rings. The third-order valence-electron chi connectivity index (χ3n) is 6.13. The standard InChI is InChI=1S/C25H24N6O6S.C2HF3O2/c1-36-22(32)13-25(12-19(31-37-25)15-5-4-6-16(11-15)23(26)27)24(33)30-21-10-9-17(14-29-21)18-7-2-3-8-20(18)38(28,34)35;3-2(4,5)1(6)7/h2-11,14H,12-13H2,1H3,(H3,26,27)(H2,28,34,35)(H,29,30,33);(H,6,7)/t25-;/m0./s1. The summed E-state index contributed by atoms with van der Waals surface area (Å²) >= 11 is 0. The second-order valence-corrected chi connectivity index (χ2v) is 10.8. The predicted octanol–water partition coefficient (Wildman–Crippen LogP) is -0.776. The summed E-state index contributed by atoms with van der Waals surface area (Å²) < 4.78 is 60.2. The number of carboxylic acids is 1. The predicted molar refractivity (Wildman–Crippen MR) is 149 cm³/mol. The molecule has 45 heavy (non-hydrogen) atoms. The number of oxime groups is 1. The maximum atomic E-state index is 13.4. The highest BCUT2D eigenvalue weighted by molar-refractivity contribution is 7.89. The molecule has 0 saturated carbocycles. The molecule has 0 unspecified atom stereocenters. The van der Waals surface area contributed by atoms with Gasteiger partial charge in [-0.2, -0.15) is 13.2 Å². The Balaban J connectivity index is 0.000000707. The molecule has 2 heterocycles.